The summed E-state index contributed by atoms with van der Waals surface area (Å²) in [6, 6.07) is 12.8. The van der Waals surface area contributed by atoms with Gasteiger partial charge in [0.25, 0.3) is 5.91 Å². The zero-order valence-corrected chi connectivity index (χ0v) is 16.1. The molecule has 0 bridgehead atoms. The number of carbonyl (C=O) groups is 1. The Balaban J connectivity index is 1.71. The van der Waals surface area contributed by atoms with E-state index in [0.29, 0.717) is 16.8 Å². The number of hydrogen-bond acceptors (Lipinski definition) is 4. The molecule has 0 spiro atoms. The molecule has 2 heterocycles. The smallest absolute Gasteiger partial charge is 0.256 e. The van der Waals surface area contributed by atoms with Crippen LogP contribution in [0.5, 0.6) is 5.88 Å². The number of aryl methyl sites for hydroxylation is 1. The van der Waals surface area contributed by atoms with Crippen LogP contribution in [0.1, 0.15) is 21.5 Å². The molecule has 0 saturated carbocycles. The molecule has 2 aromatic heterocycles. The lowest BCUT2D eigenvalue weighted by atomic mass is 10.0. The van der Waals surface area contributed by atoms with E-state index in [1.165, 1.54) is 0 Å². The lowest BCUT2D eigenvalue weighted by Crippen LogP contribution is -2.14. The number of rotatable bonds is 4. The van der Waals surface area contributed by atoms with Crippen molar-refractivity contribution in [2.45, 2.75) is 13.5 Å². The SMILES string of the molecule is Cc1cc(O)nc2ccc(NC(=O)c3cccc4[nH]cc(CN(C)C)c34)cc12. The number of fused-ring (bicyclic) bond motifs is 2. The highest BCUT2D eigenvalue weighted by Gasteiger charge is 2.15. The van der Waals surface area contributed by atoms with Crippen molar-refractivity contribution in [3.05, 3.63) is 65.4 Å². The lowest BCUT2D eigenvalue weighted by Gasteiger charge is -2.12. The first kappa shape index (κ1) is 18.0. The molecule has 3 N–H and O–H groups in total. The van der Waals surface area contributed by atoms with Crippen LogP contribution in [0, 0.1) is 6.92 Å². The molecule has 2 aromatic carbocycles. The highest BCUT2D eigenvalue weighted by molar-refractivity contribution is 6.13. The van der Waals surface area contributed by atoms with Crippen LogP contribution < -0.4 is 5.32 Å². The van der Waals surface area contributed by atoms with E-state index in [9.17, 15) is 9.90 Å². The van der Waals surface area contributed by atoms with Crippen molar-refractivity contribution in [2.75, 3.05) is 19.4 Å². The van der Waals surface area contributed by atoms with Crippen molar-refractivity contribution in [3.8, 4) is 5.88 Å². The summed E-state index contributed by atoms with van der Waals surface area (Å²) in [6.45, 7) is 2.65. The van der Waals surface area contributed by atoms with Crippen LogP contribution in [0.2, 0.25) is 0 Å². The Labute approximate surface area is 162 Å². The molecule has 0 saturated heterocycles. The topological polar surface area (TPSA) is 81.2 Å². The number of aromatic amines is 1. The molecule has 4 rings (SSSR count). The predicted octanol–water partition coefficient (Wildman–Crippen LogP) is 4.04. The lowest BCUT2D eigenvalue weighted by molar-refractivity contribution is 0.102. The highest BCUT2D eigenvalue weighted by Crippen LogP contribution is 2.27. The van der Waals surface area contributed by atoms with Gasteiger partial charge in [0, 0.05) is 46.3 Å². The number of carbonyl (C=O) groups excluding carboxylic acids is 1. The molecule has 0 atom stereocenters. The molecule has 6 heteroatoms. The normalized spacial score (nSPS) is 11.4. The van der Waals surface area contributed by atoms with Crippen molar-refractivity contribution >= 4 is 33.4 Å². The first-order valence-electron chi connectivity index (χ1n) is 9.08. The van der Waals surface area contributed by atoms with Crippen LogP contribution in [-0.2, 0) is 6.54 Å². The fraction of sp³-hybridized carbons (Fsp3) is 0.182. The monoisotopic (exact) mass is 374 g/mol. The molecule has 0 unspecified atom stereocenters. The number of hydrogen-bond donors (Lipinski definition) is 3. The Morgan fingerprint density at radius 1 is 1.21 bits per heavy atom. The third-order valence-electron chi connectivity index (χ3n) is 4.78. The molecule has 0 aliphatic carbocycles. The first-order chi connectivity index (χ1) is 13.4. The maximum atomic E-state index is 13.0. The molecule has 0 aliphatic rings. The summed E-state index contributed by atoms with van der Waals surface area (Å²) in [4.78, 5) is 22.5. The van der Waals surface area contributed by atoms with Crippen molar-refractivity contribution in [1.29, 1.82) is 0 Å². The molecule has 1 amide bonds. The number of pyridine rings is 1. The molecule has 28 heavy (non-hydrogen) atoms. The van der Waals surface area contributed by atoms with Crippen LogP contribution >= 0.6 is 0 Å². The Hall–Kier alpha value is -3.38. The summed E-state index contributed by atoms with van der Waals surface area (Å²) in [5.41, 5.74) is 4.94. The van der Waals surface area contributed by atoms with E-state index < -0.39 is 0 Å². The van der Waals surface area contributed by atoms with Gasteiger partial charge in [-0.15, -0.1) is 0 Å². The summed E-state index contributed by atoms with van der Waals surface area (Å²) in [7, 11) is 4.01. The number of aromatic nitrogens is 2. The van der Waals surface area contributed by atoms with Gasteiger partial charge < -0.3 is 20.3 Å². The molecule has 6 nitrogen and oxygen atoms in total. The number of nitrogens with zero attached hydrogens (tertiary/aromatic N) is 2. The van der Waals surface area contributed by atoms with Crippen LogP contribution in [0.4, 0.5) is 5.69 Å². The molecule has 4 aromatic rings. The van der Waals surface area contributed by atoms with Gasteiger partial charge in [0.15, 0.2) is 0 Å². The number of anilines is 1. The van der Waals surface area contributed by atoms with Crippen molar-refractivity contribution in [1.82, 2.24) is 14.9 Å². The van der Waals surface area contributed by atoms with E-state index in [4.69, 9.17) is 0 Å². The number of H-pyrrole nitrogens is 1. The van der Waals surface area contributed by atoms with Crippen molar-refractivity contribution < 1.29 is 9.90 Å². The van der Waals surface area contributed by atoms with Gasteiger partial charge in [0.1, 0.15) is 0 Å². The zero-order valence-electron chi connectivity index (χ0n) is 16.1. The van der Waals surface area contributed by atoms with Crippen LogP contribution in [-0.4, -0.2) is 40.0 Å². The summed E-state index contributed by atoms with van der Waals surface area (Å²) in [6.07, 6.45) is 1.96. The standard InChI is InChI=1S/C22H22N4O2/c1-13-9-20(27)25-18-8-7-15(10-17(13)18)24-22(28)16-5-4-6-19-21(16)14(11-23-19)12-26(2)3/h4-11,23H,12H2,1-3H3,(H,24,28)(H,25,27). The fourth-order valence-corrected chi connectivity index (χ4v) is 3.56. The second-order valence-electron chi connectivity index (χ2n) is 7.26. The van der Waals surface area contributed by atoms with Crippen LogP contribution in [0.15, 0.2) is 48.7 Å². The Bertz CT molecular complexity index is 1190. The molecule has 0 radical (unpaired) electrons. The summed E-state index contributed by atoms with van der Waals surface area (Å²) < 4.78 is 0. The van der Waals surface area contributed by atoms with E-state index in [2.05, 4.69) is 20.2 Å². The van der Waals surface area contributed by atoms with Gasteiger partial charge in [-0.3, -0.25) is 4.79 Å². The number of amides is 1. The average molecular weight is 374 g/mol. The molecule has 0 aliphatic heterocycles. The molecular weight excluding hydrogens is 352 g/mol. The Morgan fingerprint density at radius 3 is 2.82 bits per heavy atom. The van der Waals surface area contributed by atoms with Gasteiger partial charge in [-0.05, 0) is 62.5 Å². The van der Waals surface area contributed by atoms with E-state index in [0.717, 1.165) is 34.0 Å². The second kappa shape index (κ2) is 6.98. The molecular formula is C22H22N4O2. The second-order valence-corrected chi connectivity index (χ2v) is 7.26. The van der Waals surface area contributed by atoms with Gasteiger partial charge >= 0.3 is 0 Å². The van der Waals surface area contributed by atoms with Gasteiger partial charge in [-0.1, -0.05) is 6.07 Å². The zero-order chi connectivity index (χ0) is 19.8. The average Bonchev–Trinajstić information content (AvgIpc) is 3.04. The minimum atomic E-state index is -0.158. The van der Waals surface area contributed by atoms with Gasteiger partial charge in [-0.2, -0.15) is 0 Å². The molecule has 0 fully saturated rings. The Kier molecular flexibility index (Phi) is 4.49. The summed E-state index contributed by atoms with van der Waals surface area (Å²) >= 11 is 0. The largest absolute Gasteiger partial charge is 0.493 e. The van der Waals surface area contributed by atoms with Gasteiger partial charge in [0.2, 0.25) is 5.88 Å². The first-order valence-corrected chi connectivity index (χ1v) is 9.08. The highest BCUT2D eigenvalue weighted by atomic mass is 16.3. The maximum Gasteiger partial charge on any atom is 0.256 e. The Morgan fingerprint density at radius 2 is 2.04 bits per heavy atom. The van der Waals surface area contributed by atoms with Gasteiger partial charge in [0.05, 0.1) is 5.52 Å². The quantitative estimate of drug-likeness (QED) is 0.503. The number of aromatic hydroxyl groups is 1. The summed E-state index contributed by atoms with van der Waals surface area (Å²) in [5.74, 6) is -0.164. The van der Waals surface area contributed by atoms with Crippen molar-refractivity contribution in [3.63, 3.8) is 0 Å². The van der Waals surface area contributed by atoms with E-state index in [1.54, 1.807) is 18.2 Å². The predicted molar refractivity (Wildman–Crippen MR) is 112 cm³/mol. The fourth-order valence-electron chi connectivity index (χ4n) is 3.56. The third kappa shape index (κ3) is 3.30. The minimum Gasteiger partial charge on any atom is -0.493 e. The van der Waals surface area contributed by atoms with Gasteiger partial charge in [-0.25, -0.2) is 4.98 Å². The third-order valence-corrected chi connectivity index (χ3v) is 4.78. The van der Waals surface area contributed by atoms with Crippen molar-refractivity contribution in [2.24, 2.45) is 0 Å². The van der Waals surface area contributed by atoms with E-state index in [-0.39, 0.29) is 11.8 Å². The molecule has 142 valence electrons. The minimum absolute atomic E-state index is 0.00524. The van der Waals surface area contributed by atoms with E-state index in [1.807, 2.05) is 51.5 Å². The maximum absolute atomic E-state index is 13.0. The van der Waals surface area contributed by atoms with Crippen LogP contribution in [0.25, 0.3) is 21.8 Å². The van der Waals surface area contributed by atoms with E-state index >= 15 is 0 Å². The number of benzene rings is 2. The summed E-state index contributed by atoms with van der Waals surface area (Å²) in [5, 5.41) is 14.5. The number of nitrogens with one attached hydrogen (secondary N) is 2. The van der Waals surface area contributed by atoms with Crippen LogP contribution in [0.3, 0.4) is 0 Å².